The lowest BCUT2D eigenvalue weighted by atomic mass is 10.3. The Morgan fingerprint density at radius 1 is 1.57 bits per heavy atom. The van der Waals surface area contributed by atoms with E-state index >= 15 is 0 Å². The summed E-state index contributed by atoms with van der Waals surface area (Å²) in [5.41, 5.74) is -0.398. The zero-order valence-corrected chi connectivity index (χ0v) is 7.39. The first kappa shape index (κ1) is 10.3. The fraction of sp³-hybridized carbons (Fsp3) is 0. The van der Waals surface area contributed by atoms with Gasteiger partial charge in [0.05, 0.1) is 11.0 Å². The third kappa shape index (κ3) is 2.33. The van der Waals surface area contributed by atoms with Gasteiger partial charge in [-0.2, -0.15) is 0 Å². The third-order valence-electron chi connectivity index (χ3n) is 1.32. The number of nitro groups is 1. The number of rotatable bonds is 2. The summed E-state index contributed by atoms with van der Waals surface area (Å²) >= 11 is 5.48. The number of nitro benzene ring substituents is 1. The molecule has 0 unspecified atom stereocenters. The zero-order valence-electron chi connectivity index (χ0n) is 6.64. The molecule has 0 amide bonds. The molecule has 7 heteroatoms. The average molecular weight is 218 g/mol. The molecule has 0 aliphatic heterocycles. The van der Waals surface area contributed by atoms with E-state index in [2.05, 4.69) is 4.74 Å². The molecule has 0 saturated heterocycles. The number of nitrogens with zero attached hydrogens (tertiary/aromatic N) is 1. The Morgan fingerprint density at radius 2 is 2.21 bits per heavy atom. The minimum Gasteiger partial charge on any atom is -0.449 e. The molecule has 0 aromatic heterocycles. The van der Waals surface area contributed by atoms with Crippen molar-refractivity contribution < 1.29 is 19.6 Å². The average Bonchev–Trinajstić information content (AvgIpc) is 2.07. The van der Waals surface area contributed by atoms with Crippen LogP contribution in [0.3, 0.4) is 0 Å². The maximum atomic E-state index is 10.4. The van der Waals surface area contributed by atoms with Crippen LogP contribution in [-0.4, -0.2) is 16.2 Å². The molecule has 74 valence electrons. The van der Waals surface area contributed by atoms with E-state index in [0.717, 1.165) is 6.07 Å². The number of hydrogen-bond donors (Lipinski definition) is 1. The maximum Gasteiger partial charge on any atom is 0.511 e. The van der Waals surface area contributed by atoms with Crippen molar-refractivity contribution >= 4 is 23.4 Å². The van der Waals surface area contributed by atoms with Crippen LogP contribution >= 0.6 is 11.6 Å². The van der Waals surface area contributed by atoms with Gasteiger partial charge in [0.2, 0.25) is 0 Å². The fourth-order valence-electron chi connectivity index (χ4n) is 0.797. The lowest BCUT2D eigenvalue weighted by molar-refractivity contribution is -0.384. The molecule has 1 N–H and O–H groups in total. The number of carboxylic acid groups (broad SMARTS) is 1. The van der Waals surface area contributed by atoms with Crippen molar-refractivity contribution in [2.24, 2.45) is 0 Å². The number of benzene rings is 1. The summed E-state index contributed by atoms with van der Waals surface area (Å²) in [5, 5.41) is 18.5. The van der Waals surface area contributed by atoms with Gasteiger partial charge in [0, 0.05) is 0 Å². The first-order chi connectivity index (χ1) is 6.50. The number of carbonyl (C=O) groups is 1. The topological polar surface area (TPSA) is 89.7 Å². The highest BCUT2D eigenvalue weighted by molar-refractivity contribution is 6.32. The van der Waals surface area contributed by atoms with E-state index in [9.17, 15) is 14.9 Å². The summed E-state index contributed by atoms with van der Waals surface area (Å²) in [6.45, 7) is 0. The monoisotopic (exact) mass is 217 g/mol. The largest absolute Gasteiger partial charge is 0.511 e. The molecule has 14 heavy (non-hydrogen) atoms. The Balaban J connectivity index is 3.06. The second-order valence-electron chi connectivity index (χ2n) is 2.24. The SMILES string of the molecule is O=C(O)Oc1ccc(Cl)c([N+](=O)[O-])c1. The molecular weight excluding hydrogens is 214 g/mol. The van der Waals surface area contributed by atoms with Crippen molar-refractivity contribution in [3.8, 4) is 5.75 Å². The van der Waals surface area contributed by atoms with Crippen molar-refractivity contribution in [1.29, 1.82) is 0 Å². The number of ether oxygens (including phenoxy) is 1. The summed E-state index contributed by atoms with van der Waals surface area (Å²) in [6.07, 6.45) is -1.54. The van der Waals surface area contributed by atoms with Crippen molar-refractivity contribution in [2.75, 3.05) is 0 Å². The molecule has 0 aliphatic carbocycles. The Hall–Kier alpha value is -1.82. The van der Waals surface area contributed by atoms with Crippen LogP contribution in [0.15, 0.2) is 18.2 Å². The summed E-state index contributed by atoms with van der Waals surface area (Å²) in [5.74, 6) is -0.145. The molecule has 0 heterocycles. The molecule has 0 saturated carbocycles. The van der Waals surface area contributed by atoms with Gasteiger partial charge in [0.25, 0.3) is 5.69 Å². The molecule has 1 aromatic carbocycles. The minimum absolute atomic E-state index is 0.0762. The van der Waals surface area contributed by atoms with E-state index in [1.807, 2.05) is 0 Å². The van der Waals surface area contributed by atoms with Crippen LogP contribution in [0.1, 0.15) is 0 Å². The van der Waals surface area contributed by atoms with Crippen LogP contribution in [0, 0.1) is 10.1 Å². The van der Waals surface area contributed by atoms with Gasteiger partial charge in [-0.3, -0.25) is 10.1 Å². The van der Waals surface area contributed by atoms with Gasteiger partial charge in [-0.1, -0.05) is 11.6 Å². The van der Waals surface area contributed by atoms with E-state index in [1.54, 1.807) is 0 Å². The summed E-state index contributed by atoms with van der Waals surface area (Å²) in [7, 11) is 0. The first-order valence-corrected chi connectivity index (χ1v) is 3.73. The van der Waals surface area contributed by atoms with Crippen LogP contribution in [-0.2, 0) is 0 Å². The fourth-order valence-corrected chi connectivity index (χ4v) is 0.983. The van der Waals surface area contributed by atoms with Crippen LogP contribution in [0.2, 0.25) is 5.02 Å². The predicted molar refractivity (Wildman–Crippen MR) is 46.8 cm³/mol. The van der Waals surface area contributed by atoms with E-state index in [-0.39, 0.29) is 10.8 Å². The number of halogens is 1. The second kappa shape index (κ2) is 3.93. The molecule has 0 bridgehead atoms. The Bertz CT molecular complexity index is 392. The van der Waals surface area contributed by atoms with E-state index < -0.39 is 16.8 Å². The summed E-state index contributed by atoms with van der Waals surface area (Å²) in [4.78, 5) is 19.8. The predicted octanol–water partition coefficient (Wildman–Crippen LogP) is 2.31. The molecule has 0 spiro atoms. The molecule has 6 nitrogen and oxygen atoms in total. The van der Waals surface area contributed by atoms with Gasteiger partial charge >= 0.3 is 6.16 Å². The Morgan fingerprint density at radius 3 is 2.71 bits per heavy atom. The molecule has 0 fully saturated rings. The Kier molecular flexibility index (Phi) is 2.88. The van der Waals surface area contributed by atoms with Gasteiger partial charge in [-0.15, -0.1) is 0 Å². The van der Waals surface area contributed by atoms with Gasteiger partial charge in [-0.05, 0) is 12.1 Å². The standard InChI is InChI=1S/C7H4ClNO5/c8-5-2-1-4(14-7(10)11)3-6(5)9(12)13/h1-3H,(H,10,11). The normalized spacial score (nSPS) is 9.50. The van der Waals surface area contributed by atoms with E-state index in [0.29, 0.717) is 0 Å². The van der Waals surface area contributed by atoms with Crippen molar-refractivity contribution in [3.05, 3.63) is 33.3 Å². The van der Waals surface area contributed by atoms with Crippen LogP contribution < -0.4 is 4.74 Å². The lowest BCUT2D eigenvalue weighted by Crippen LogP contribution is -2.03. The molecule has 0 aliphatic rings. The zero-order chi connectivity index (χ0) is 10.7. The quantitative estimate of drug-likeness (QED) is 0.355. The molecule has 1 rings (SSSR count). The highest BCUT2D eigenvalue weighted by Crippen LogP contribution is 2.28. The van der Waals surface area contributed by atoms with Gasteiger partial charge in [0.15, 0.2) is 0 Å². The molecular formula is C7H4ClNO5. The van der Waals surface area contributed by atoms with Crippen molar-refractivity contribution in [3.63, 3.8) is 0 Å². The Labute approximate surface area is 82.8 Å². The highest BCUT2D eigenvalue weighted by Gasteiger charge is 2.14. The van der Waals surface area contributed by atoms with Gasteiger partial charge in [-0.25, -0.2) is 4.79 Å². The maximum absolute atomic E-state index is 10.4. The molecule has 0 atom stereocenters. The highest BCUT2D eigenvalue weighted by atomic mass is 35.5. The number of hydrogen-bond acceptors (Lipinski definition) is 4. The molecule has 1 aromatic rings. The van der Waals surface area contributed by atoms with Crippen LogP contribution in [0.4, 0.5) is 10.5 Å². The third-order valence-corrected chi connectivity index (χ3v) is 1.64. The second-order valence-corrected chi connectivity index (χ2v) is 2.65. The van der Waals surface area contributed by atoms with Gasteiger partial charge < -0.3 is 9.84 Å². The molecule has 0 radical (unpaired) electrons. The van der Waals surface area contributed by atoms with Crippen LogP contribution in [0.5, 0.6) is 5.75 Å². The smallest absolute Gasteiger partial charge is 0.449 e. The lowest BCUT2D eigenvalue weighted by Gasteiger charge is -1.99. The minimum atomic E-state index is -1.54. The first-order valence-electron chi connectivity index (χ1n) is 3.35. The van der Waals surface area contributed by atoms with Crippen molar-refractivity contribution in [2.45, 2.75) is 0 Å². The van der Waals surface area contributed by atoms with Gasteiger partial charge in [0.1, 0.15) is 10.8 Å². The van der Waals surface area contributed by atoms with Crippen molar-refractivity contribution in [1.82, 2.24) is 0 Å². The van der Waals surface area contributed by atoms with Crippen LogP contribution in [0.25, 0.3) is 0 Å². The summed E-state index contributed by atoms with van der Waals surface area (Å²) in [6, 6.07) is 3.36. The van der Waals surface area contributed by atoms with E-state index in [4.69, 9.17) is 16.7 Å². The van der Waals surface area contributed by atoms with E-state index in [1.165, 1.54) is 12.1 Å². The summed E-state index contributed by atoms with van der Waals surface area (Å²) < 4.78 is 4.21.